The summed E-state index contributed by atoms with van der Waals surface area (Å²) >= 11 is 1.20. The summed E-state index contributed by atoms with van der Waals surface area (Å²) in [4.78, 5) is 15.2. The normalized spacial score (nSPS) is 11.9. The third kappa shape index (κ3) is 4.77. The lowest BCUT2D eigenvalue weighted by Gasteiger charge is -2.15. The van der Waals surface area contributed by atoms with Crippen molar-refractivity contribution >= 4 is 38.2 Å². The van der Waals surface area contributed by atoms with Gasteiger partial charge in [-0.25, -0.2) is 12.7 Å². The van der Waals surface area contributed by atoms with Crippen LogP contribution in [0.25, 0.3) is 10.9 Å². The van der Waals surface area contributed by atoms with Crippen molar-refractivity contribution in [1.82, 2.24) is 14.6 Å². The number of amides is 1. The highest BCUT2D eigenvalue weighted by molar-refractivity contribution is 7.91. The minimum Gasteiger partial charge on any atom is -0.361 e. The lowest BCUT2D eigenvalue weighted by Crippen LogP contribution is -2.30. The Morgan fingerprint density at radius 3 is 2.81 bits per heavy atom. The van der Waals surface area contributed by atoms with Crippen molar-refractivity contribution in [2.45, 2.75) is 23.5 Å². The van der Waals surface area contributed by atoms with E-state index in [-0.39, 0.29) is 5.91 Å². The first-order valence-corrected chi connectivity index (χ1v) is 11.1. The van der Waals surface area contributed by atoms with Gasteiger partial charge < -0.3 is 10.3 Å². The first-order chi connectivity index (χ1) is 13.0. The number of sulfonamides is 1. The van der Waals surface area contributed by atoms with Crippen LogP contribution in [0.4, 0.5) is 0 Å². The zero-order valence-corrected chi connectivity index (χ0v) is 16.8. The lowest BCUT2D eigenvalue weighted by molar-refractivity contribution is -0.121. The van der Waals surface area contributed by atoms with Gasteiger partial charge in [0, 0.05) is 43.7 Å². The number of benzene rings is 1. The molecule has 0 aliphatic carbocycles. The molecule has 0 saturated heterocycles. The van der Waals surface area contributed by atoms with Crippen LogP contribution >= 0.6 is 11.3 Å². The van der Waals surface area contributed by atoms with Gasteiger partial charge in [0.25, 0.3) is 10.0 Å². The molecular formula is C19H23N3O3S2. The smallest absolute Gasteiger partial charge is 0.252 e. The summed E-state index contributed by atoms with van der Waals surface area (Å²) in [5.74, 6) is -0.0586. The molecule has 6 nitrogen and oxygen atoms in total. The molecule has 3 rings (SSSR count). The summed E-state index contributed by atoms with van der Waals surface area (Å²) in [6.07, 6.45) is 3.52. The molecule has 2 heterocycles. The van der Waals surface area contributed by atoms with E-state index in [4.69, 9.17) is 0 Å². The fraction of sp³-hybridized carbons (Fsp3) is 0.316. The first kappa shape index (κ1) is 19.6. The summed E-state index contributed by atoms with van der Waals surface area (Å²) in [6, 6.07) is 11.4. The minimum atomic E-state index is -3.44. The molecule has 1 amide bonds. The number of carbonyl (C=O) groups excluding carboxylic acids is 1. The lowest BCUT2D eigenvalue weighted by atomic mass is 10.1. The van der Waals surface area contributed by atoms with Crippen LogP contribution in [0.1, 0.15) is 18.4 Å². The Balaban J connectivity index is 1.40. The van der Waals surface area contributed by atoms with E-state index in [1.807, 2.05) is 24.4 Å². The molecule has 0 radical (unpaired) electrons. The summed E-state index contributed by atoms with van der Waals surface area (Å²) < 4.78 is 26.3. The third-order valence-electron chi connectivity index (χ3n) is 4.43. The van der Waals surface area contributed by atoms with E-state index in [0.717, 1.165) is 11.9 Å². The van der Waals surface area contributed by atoms with E-state index >= 15 is 0 Å². The monoisotopic (exact) mass is 405 g/mol. The highest BCUT2D eigenvalue weighted by Crippen LogP contribution is 2.20. The van der Waals surface area contributed by atoms with Gasteiger partial charge in [0.2, 0.25) is 5.91 Å². The maximum Gasteiger partial charge on any atom is 0.252 e. The van der Waals surface area contributed by atoms with Crippen LogP contribution in [0.2, 0.25) is 0 Å². The Labute approximate surface area is 163 Å². The van der Waals surface area contributed by atoms with Gasteiger partial charge >= 0.3 is 0 Å². The molecule has 0 saturated carbocycles. The van der Waals surface area contributed by atoms with Gasteiger partial charge in [-0.15, -0.1) is 11.3 Å². The SMILES string of the molecule is CN(CCCC(=O)NCCc1c[nH]c2ccccc12)S(=O)(=O)c1cccs1. The van der Waals surface area contributed by atoms with Crippen molar-refractivity contribution in [1.29, 1.82) is 0 Å². The number of carbonyl (C=O) groups is 1. The summed E-state index contributed by atoms with van der Waals surface area (Å²) in [5, 5.41) is 5.82. The van der Waals surface area contributed by atoms with Crippen molar-refractivity contribution in [3.63, 3.8) is 0 Å². The molecule has 27 heavy (non-hydrogen) atoms. The van der Waals surface area contributed by atoms with Crippen LogP contribution in [-0.2, 0) is 21.2 Å². The Morgan fingerprint density at radius 2 is 2.04 bits per heavy atom. The van der Waals surface area contributed by atoms with Crippen LogP contribution in [0.3, 0.4) is 0 Å². The van der Waals surface area contributed by atoms with Crippen LogP contribution in [0, 0.1) is 0 Å². The first-order valence-electron chi connectivity index (χ1n) is 8.80. The number of nitrogens with zero attached hydrogens (tertiary/aromatic N) is 1. The van der Waals surface area contributed by atoms with Crippen molar-refractivity contribution in [3.05, 3.63) is 53.5 Å². The Morgan fingerprint density at radius 1 is 1.22 bits per heavy atom. The number of aromatic amines is 1. The van der Waals surface area contributed by atoms with Gasteiger partial charge in [-0.1, -0.05) is 24.3 Å². The molecule has 144 valence electrons. The second-order valence-electron chi connectivity index (χ2n) is 6.32. The topological polar surface area (TPSA) is 82.3 Å². The molecule has 0 unspecified atom stereocenters. The fourth-order valence-electron chi connectivity index (χ4n) is 2.91. The predicted octanol–water partition coefficient (Wildman–Crippen LogP) is 2.99. The molecule has 8 heteroatoms. The van der Waals surface area contributed by atoms with Gasteiger partial charge in [0.05, 0.1) is 0 Å². The maximum absolute atomic E-state index is 12.3. The van der Waals surface area contributed by atoms with Gasteiger partial charge in [-0.2, -0.15) is 0 Å². The van der Waals surface area contributed by atoms with E-state index in [1.54, 1.807) is 24.6 Å². The Hall–Kier alpha value is -2.16. The van der Waals surface area contributed by atoms with Gasteiger partial charge in [0.1, 0.15) is 4.21 Å². The molecule has 0 spiro atoms. The molecule has 0 atom stereocenters. The summed E-state index contributed by atoms with van der Waals surface area (Å²) in [7, 11) is -1.90. The van der Waals surface area contributed by atoms with E-state index in [2.05, 4.69) is 16.4 Å². The number of hydrogen-bond donors (Lipinski definition) is 2. The number of fused-ring (bicyclic) bond motifs is 1. The van der Waals surface area contributed by atoms with Crippen LogP contribution in [0.5, 0.6) is 0 Å². The highest BCUT2D eigenvalue weighted by atomic mass is 32.2. The number of hydrogen-bond acceptors (Lipinski definition) is 4. The quantitative estimate of drug-likeness (QED) is 0.574. The Bertz CT molecular complexity index is 994. The van der Waals surface area contributed by atoms with E-state index in [0.29, 0.717) is 30.1 Å². The number of aromatic nitrogens is 1. The maximum atomic E-state index is 12.3. The molecule has 1 aromatic carbocycles. The Kier molecular flexibility index (Phi) is 6.30. The molecule has 0 aliphatic rings. The number of H-pyrrole nitrogens is 1. The van der Waals surface area contributed by atoms with Gasteiger partial charge in [-0.3, -0.25) is 4.79 Å². The minimum absolute atomic E-state index is 0.0586. The van der Waals surface area contributed by atoms with Crippen molar-refractivity contribution in [2.24, 2.45) is 0 Å². The van der Waals surface area contributed by atoms with Crippen LogP contribution in [-0.4, -0.2) is 43.8 Å². The predicted molar refractivity (Wildman–Crippen MR) is 108 cm³/mol. The van der Waals surface area contributed by atoms with Crippen molar-refractivity contribution in [2.75, 3.05) is 20.1 Å². The zero-order chi connectivity index (χ0) is 19.3. The second kappa shape index (κ2) is 8.69. The summed E-state index contributed by atoms with van der Waals surface area (Å²) in [5.41, 5.74) is 2.27. The summed E-state index contributed by atoms with van der Waals surface area (Å²) in [6.45, 7) is 0.875. The molecule has 0 bridgehead atoms. The molecule has 2 N–H and O–H groups in total. The zero-order valence-electron chi connectivity index (χ0n) is 15.1. The number of thiophene rings is 1. The van der Waals surface area contributed by atoms with E-state index in [1.165, 1.54) is 26.6 Å². The molecule has 2 aromatic heterocycles. The van der Waals surface area contributed by atoms with Crippen LogP contribution < -0.4 is 5.32 Å². The standard InChI is InChI=1S/C19H23N3O3S2/c1-22(27(24,25)19-9-5-13-26-19)12-4-8-18(23)20-11-10-15-14-21-17-7-3-2-6-16(15)17/h2-3,5-7,9,13-14,21H,4,8,10-12H2,1H3,(H,20,23). The van der Waals surface area contributed by atoms with Crippen molar-refractivity contribution in [3.8, 4) is 0 Å². The number of para-hydroxylation sites is 1. The number of rotatable bonds is 9. The second-order valence-corrected chi connectivity index (χ2v) is 9.54. The molecule has 3 aromatic rings. The third-order valence-corrected chi connectivity index (χ3v) is 7.66. The average Bonchev–Trinajstić information content (AvgIpc) is 3.32. The number of nitrogens with one attached hydrogen (secondary N) is 2. The molecule has 0 fully saturated rings. The fourth-order valence-corrected chi connectivity index (χ4v) is 5.32. The van der Waals surface area contributed by atoms with Crippen molar-refractivity contribution < 1.29 is 13.2 Å². The van der Waals surface area contributed by atoms with E-state index in [9.17, 15) is 13.2 Å². The van der Waals surface area contributed by atoms with Gasteiger partial charge in [-0.05, 0) is 35.9 Å². The van der Waals surface area contributed by atoms with Crippen LogP contribution in [0.15, 0.2) is 52.2 Å². The molecule has 0 aliphatic heterocycles. The average molecular weight is 406 g/mol. The van der Waals surface area contributed by atoms with Gasteiger partial charge in [0.15, 0.2) is 0 Å². The van der Waals surface area contributed by atoms with E-state index < -0.39 is 10.0 Å². The molecular weight excluding hydrogens is 382 g/mol. The highest BCUT2D eigenvalue weighted by Gasteiger charge is 2.21. The largest absolute Gasteiger partial charge is 0.361 e.